The van der Waals surface area contributed by atoms with Crippen LogP contribution in [0.3, 0.4) is 0 Å². The van der Waals surface area contributed by atoms with E-state index in [-0.39, 0.29) is 11.9 Å². The molecule has 7 nitrogen and oxygen atoms in total. The maximum Gasteiger partial charge on any atom is 0.258 e. The number of amides is 1. The van der Waals surface area contributed by atoms with Crippen molar-refractivity contribution in [3.8, 4) is 11.5 Å². The van der Waals surface area contributed by atoms with Gasteiger partial charge in [-0.2, -0.15) is 4.98 Å². The van der Waals surface area contributed by atoms with Gasteiger partial charge in [-0.05, 0) is 25.0 Å². The molecule has 2 aromatic rings. The fourth-order valence-electron chi connectivity index (χ4n) is 3.13. The van der Waals surface area contributed by atoms with Crippen LogP contribution in [0.25, 0.3) is 0 Å². The molecule has 1 amide bonds. The summed E-state index contributed by atoms with van der Waals surface area (Å²) in [6.45, 7) is 3.36. The zero-order valence-corrected chi connectivity index (χ0v) is 12.8. The van der Waals surface area contributed by atoms with E-state index in [2.05, 4.69) is 10.1 Å². The Balaban J connectivity index is 1.66. The van der Waals surface area contributed by atoms with Crippen LogP contribution in [0.5, 0.6) is 11.5 Å². The normalized spacial score (nSPS) is 19.9. The molecule has 4 rings (SSSR count). The second kappa shape index (κ2) is 5.57. The van der Waals surface area contributed by atoms with Gasteiger partial charge in [0, 0.05) is 13.5 Å². The van der Waals surface area contributed by atoms with E-state index in [1.165, 1.54) is 0 Å². The highest BCUT2D eigenvalue weighted by atomic mass is 16.6. The van der Waals surface area contributed by atoms with Gasteiger partial charge in [0.15, 0.2) is 17.3 Å². The smallest absolute Gasteiger partial charge is 0.258 e. The molecule has 0 saturated carbocycles. The number of aromatic nitrogens is 2. The van der Waals surface area contributed by atoms with E-state index in [4.69, 9.17) is 14.0 Å². The molecular formula is C16H17N3O4. The van der Waals surface area contributed by atoms with Crippen LogP contribution >= 0.6 is 0 Å². The second-order valence-electron chi connectivity index (χ2n) is 5.66. The average Bonchev–Trinajstić information content (AvgIpc) is 3.22. The number of carbonyl (C=O) groups is 1. The first-order valence-corrected chi connectivity index (χ1v) is 7.74. The van der Waals surface area contributed by atoms with E-state index in [1.54, 1.807) is 17.9 Å². The van der Waals surface area contributed by atoms with E-state index in [9.17, 15) is 4.79 Å². The van der Waals surface area contributed by atoms with E-state index in [1.807, 2.05) is 12.1 Å². The van der Waals surface area contributed by atoms with Gasteiger partial charge in [-0.15, -0.1) is 0 Å². The minimum absolute atomic E-state index is 0.0858. The van der Waals surface area contributed by atoms with Crippen LogP contribution in [0, 0.1) is 6.92 Å². The lowest BCUT2D eigenvalue weighted by atomic mass is 10.1. The summed E-state index contributed by atoms with van der Waals surface area (Å²) in [4.78, 5) is 19.1. The molecule has 2 aliphatic rings. The highest BCUT2D eigenvalue weighted by Crippen LogP contribution is 2.37. The van der Waals surface area contributed by atoms with Crippen LogP contribution in [0.15, 0.2) is 22.7 Å². The number of hydrogen-bond acceptors (Lipinski definition) is 6. The molecule has 1 fully saturated rings. The first kappa shape index (κ1) is 14.0. The predicted molar refractivity (Wildman–Crippen MR) is 79.5 cm³/mol. The Labute approximate surface area is 133 Å². The van der Waals surface area contributed by atoms with Gasteiger partial charge in [0.05, 0.1) is 11.6 Å². The van der Waals surface area contributed by atoms with Gasteiger partial charge in [-0.3, -0.25) is 4.79 Å². The monoisotopic (exact) mass is 315 g/mol. The van der Waals surface area contributed by atoms with Gasteiger partial charge in [-0.1, -0.05) is 11.2 Å². The highest BCUT2D eigenvalue weighted by Gasteiger charge is 2.35. The molecule has 1 aromatic heterocycles. The van der Waals surface area contributed by atoms with Crippen molar-refractivity contribution >= 4 is 5.91 Å². The van der Waals surface area contributed by atoms with Crippen molar-refractivity contribution in [2.75, 3.05) is 19.8 Å². The number of carbonyl (C=O) groups excluding carboxylic acids is 1. The molecule has 1 atom stereocenters. The fourth-order valence-corrected chi connectivity index (χ4v) is 3.13. The van der Waals surface area contributed by atoms with Crippen LogP contribution in [-0.2, 0) is 0 Å². The Morgan fingerprint density at radius 3 is 3.00 bits per heavy atom. The maximum atomic E-state index is 13.0. The molecule has 0 N–H and O–H groups in total. The van der Waals surface area contributed by atoms with Gasteiger partial charge >= 0.3 is 0 Å². The van der Waals surface area contributed by atoms with Crippen molar-refractivity contribution in [1.82, 2.24) is 15.0 Å². The lowest BCUT2D eigenvalue weighted by molar-refractivity contribution is 0.0718. The van der Waals surface area contributed by atoms with Gasteiger partial charge < -0.3 is 18.9 Å². The van der Waals surface area contributed by atoms with Crippen LogP contribution in [0.2, 0.25) is 0 Å². The van der Waals surface area contributed by atoms with E-state index >= 15 is 0 Å². The number of fused-ring (bicyclic) bond motifs is 1. The molecule has 0 bridgehead atoms. The number of hydrogen-bond donors (Lipinski definition) is 0. The van der Waals surface area contributed by atoms with Crippen LogP contribution in [0.1, 0.15) is 41.0 Å². The molecule has 120 valence electrons. The zero-order chi connectivity index (χ0) is 15.8. The third-order valence-corrected chi connectivity index (χ3v) is 4.15. The first-order valence-electron chi connectivity index (χ1n) is 7.74. The summed E-state index contributed by atoms with van der Waals surface area (Å²) in [6, 6.07) is 5.24. The lowest BCUT2D eigenvalue weighted by Gasteiger charge is -2.25. The second-order valence-corrected chi connectivity index (χ2v) is 5.66. The molecular weight excluding hydrogens is 298 g/mol. The summed E-state index contributed by atoms with van der Waals surface area (Å²) in [6.07, 6.45) is 1.74. The number of rotatable bonds is 2. The summed E-state index contributed by atoms with van der Waals surface area (Å²) in [5.74, 6) is 2.13. The SMILES string of the molecule is Cc1nc([C@H]2CCCN2C(=O)c2cccc3c2OCCO3)no1. The largest absolute Gasteiger partial charge is 0.486 e. The summed E-state index contributed by atoms with van der Waals surface area (Å²) in [5, 5.41) is 3.98. The lowest BCUT2D eigenvalue weighted by Crippen LogP contribution is -2.32. The third-order valence-electron chi connectivity index (χ3n) is 4.15. The molecule has 7 heteroatoms. The molecule has 2 aliphatic heterocycles. The van der Waals surface area contributed by atoms with Crippen LogP contribution in [0.4, 0.5) is 0 Å². The minimum atomic E-state index is -0.152. The molecule has 0 aliphatic carbocycles. The minimum Gasteiger partial charge on any atom is -0.486 e. The standard InChI is InChI=1S/C16H17N3O4/c1-10-17-15(18-23-10)12-5-3-7-19(12)16(20)11-4-2-6-13-14(11)22-9-8-21-13/h2,4,6,12H,3,5,7-9H2,1H3/t12-/m1/s1. The molecule has 0 unspecified atom stereocenters. The Morgan fingerprint density at radius 2 is 2.17 bits per heavy atom. The van der Waals surface area contributed by atoms with Crippen LogP contribution < -0.4 is 9.47 Å². The van der Waals surface area contributed by atoms with Crippen molar-refractivity contribution in [1.29, 1.82) is 0 Å². The first-order chi connectivity index (χ1) is 11.2. The third kappa shape index (κ3) is 2.42. The Bertz CT molecular complexity index is 743. The fraction of sp³-hybridized carbons (Fsp3) is 0.438. The molecule has 0 spiro atoms. The molecule has 1 saturated heterocycles. The van der Waals surface area contributed by atoms with E-state index in [0.29, 0.717) is 48.5 Å². The number of nitrogens with zero attached hydrogens (tertiary/aromatic N) is 3. The molecule has 3 heterocycles. The summed E-state index contributed by atoms with van der Waals surface area (Å²) < 4.78 is 16.3. The Kier molecular flexibility index (Phi) is 3.40. The number of benzene rings is 1. The summed E-state index contributed by atoms with van der Waals surface area (Å²) in [7, 11) is 0. The van der Waals surface area contributed by atoms with Crippen molar-refractivity contribution < 1.29 is 18.8 Å². The quantitative estimate of drug-likeness (QED) is 0.845. The van der Waals surface area contributed by atoms with Crippen molar-refractivity contribution in [3.63, 3.8) is 0 Å². The van der Waals surface area contributed by atoms with Gasteiger partial charge in [0.1, 0.15) is 13.2 Å². The van der Waals surface area contributed by atoms with E-state index < -0.39 is 0 Å². The number of ether oxygens (including phenoxy) is 2. The van der Waals surface area contributed by atoms with Crippen molar-refractivity contribution in [3.05, 3.63) is 35.5 Å². The molecule has 0 radical (unpaired) electrons. The Hall–Kier alpha value is -2.57. The summed E-state index contributed by atoms with van der Waals surface area (Å²) in [5.41, 5.74) is 0.523. The van der Waals surface area contributed by atoms with Crippen molar-refractivity contribution in [2.24, 2.45) is 0 Å². The molecule has 23 heavy (non-hydrogen) atoms. The summed E-state index contributed by atoms with van der Waals surface area (Å²) >= 11 is 0. The van der Waals surface area contributed by atoms with Gasteiger partial charge in [-0.25, -0.2) is 0 Å². The number of aryl methyl sites for hydroxylation is 1. The van der Waals surface area contributed by atoms with Crippen molar-refractivity contribution in [2.45, 2.75) is 25.8 Å². The average molecular weight is 315 g/mol. The van der Waals surface area contributed by atoms with Gasteiger partial charge in [0.25, 0.3) is 5.91 Å². The Morgan fingerprint density at radius 1 is 1.30 bits per heavy atom. The van der Waals surface area contributed by atoms with E-state index in [0.717, 1.165) is 12.8 Å². The van der Waals surface area contributed by atoms with Gasteiger partial charge in [0.2, 0.25) is 5.89 Å². The predicted octanol–water partition coefficient (Wildman–Crippen LogP) is 2.13. The van der Waals surface area contributed by atoms with Crippen LogP contribution in [-0.4, -0.2) is 40.7 Å². The zero-order valence-electron chi connectivity index (χ0n) is 12.8. The number of likely N-dealkylation sites (tertiary alicyclic amines) is 1. The highest BCUT2D eigenvalue weighted by molar-refractivity contribution is 5.98. The number of para-hydroxylation sites is 1. The maximum absolute atomic E-state index is 13.0. The molecule has 1 aromatic carbocycles. The topological polar surface area (TPSA) is 77.7 Å².